The number of piperidine rings is 1. The van der Waals surface area contributed by atoms with Crippen molar-refractivity contribution in [2.45, 2.75) is 38.5 Å². The maximum atomic E-state index is 13.0. The molecule has 8 heteroatoms. The smallest absolute Gasteiger partial charge is 0.255 e. The van der Waals surface area contributed by atoms with Crippen LogP contribution in [0.4, 0.5) is 5.82 Å². The van der Waals surface area contributed by atoms with E-state index in [1.165, 1.54) is 0 Å². The number of pyridine rings is 1. The second-order valence-corrected chi connectivity index (χ2v) is 7.05. The summed E-state index contributed by atoms with van der Waals surface area (Å²) in [6, 6.07) is 8.80. The minimum atomic E-state index is -0.598. The number of amides is 3. The summed E-state index contributed by atoms with van der Waals surface area (Å²) < 4.78 is 0. The third-order valence-electron chi connectivity index (χ3n) is 5.13. The second kappa shape index (κ2) is 7.40. The number of fused-ring (bicyclic) bond motifs is 1. The Balaban J connectivity index is 1.46. The molecule has 3 amide bonds. The molecule has 1 atom stereocenters. The van der Waals surface area contributed by atoms with Gasteiger partial charge in [0.2, 0.25) is 11.8 Å². The van der Waals surface area contributed by atoms with Crippen LogP contribution >= 0.6 is 0 Å². The third kappa shape index (κ3) is 3.46. The second-order valence-electron chi connectivity index (χ2n) is 7.05. The van der Waals surface area contributed by atoms with Gasteiger partial charge in [-0.05, 0) is 29.2 Å². The zero-order valence-electron chi connectivity index (χ0n) is 15.3. The minimum absolute atomic E-state index is 0.156. The SMILES string of the molecule is Nc1ccc(CNCc2cccc3c2C(=O)N(C2CCC(=O)NC2=O)C3)cn1. The van der Waals surface area contributed by atoms with Crippen molar-refractivity contribution < 1.29 is 14.4 Å². The first-order valence-electron chi connectivity index (χ1n) is 9.19. The van der Waals surface area contributed by atoms with Gasteiger partial charge < -0.3 is 16.0 Å². The quantitative estimate of drug-likeness (QED) is 0.659. The first-order chi connectivity index (χ1) is 13.5. The molecule has 4 N–H and O–H groups in total. The average Bonchev–Trinajstić information content (AvgIpc) is 3.01. The van der Waals surface area contributed by atoms with Crippen LogP contribution in [0, 0.1) is 0 Å². The Morgan fingerprint density at radius 2 is 2.04 bits per heavy atom. The van der Waals surface area contributed by atoms with E-state index in [0.717, 1.165) is 16.7 Å². The van der Waals surface area contributed by atoms with Crippen molar-refractivity contribution in [2.24, 2.45) is 0 Å². The van der Waals surface area contributed by atoms with Crippen molar-refractivity contribution in [3.63, 3.8) is 0 Å². The molecule has 1 fully saturated rings. The molecule has 144 valence electrons. The van der Waals surface area contributed by atoms with Gasteiger partial charge in [0.1, 0.15) is 11.9 Å². The summed E-state index contributed by atoms with van der Waals surface area (Å²) in [6.07, 6.45) is 2.33. The molecular formula is C20H21N5O3. The Kier molecular flexibility index (Phi) is 4.79. The molecule has 0 aliphatic carbocycles. The van der Waals surface area contributed by atoms with E-state index in [1.54, 1.807) is 17.2 Å². The number of rotatable bonds is 5. The molecule has 2 aromatic rings. The van der Waals surface area contributed by atoms with Crippen LogP contribution in [0.15, 0.2) is 36.5 Å². The Hall–Kier alpha value is -3.26. The number of nitrogens with zero attached hydrogens (tertiary/aromatic N) is 2. The number of carbonyl (C=O) groups excluding carboxylic acids is 3. The van der Waals surface area contributed by atoms with Gasteiger partial charge in [-0.15, -0.1) is 0 Å². The normalized spacial score (nSPS) is 18.9. The van der Waals surface area contributed by atoms with E-state index >= 15 is 0 Å². The number of nitrogens with one attached hydrogen (secondary N) is 2. The number of imide groups is 1. The molecule has 0 spiro atoms. The fourth-order valence-corrected chi connectivity index (χ4v) is 3.72. The Bertz CT molecular complexity index is 941. The lowest BCUT2D eigenvalue weighted by molar-refractivity contribution is -0.136. The molecule has 2 aliphatic heterocycles. The Morgan fingerprint density at radius 1 is 1.18 bits per heavy atom. The molecule has 0 radical (unpaired) electrons. The summed E-state index contributed by atoms with van der Waals surface area (Å²) in [5.41, 5.74) is 9.04. The molecule has 3 heterocycles. The number of carbonyl (C=O) groups is 3. The summed E-state index contributed by atoms with van der Waals surface area (Å²) in [5, 5.41) is 5.65. The predicted molar refractivity (Wildman–Crippen MR) is 102 cm³/mol. The van der Waals surface area contributed by atoms with E-state index in [9.17, 15) is 14.4 Å². The van der Waals surface area contributed by atoms with Crippen LogP contribution in [-0.2, 0) is 29.2 Å². The molecular weight excluding hydrogens is 358 g/mol. The molecule has 1 unspecified atom stereocenters. The molecule has 1 saturated heterocycles. The largest absolute Gasteiger partial charge is 0.384 e. The number of anilines is 1. The van der Waals surface area contributed by atoms with Crippen LogP contribution in [0.3, 0.4) is 0 Å². The highest BCUT2D eigenvalue weighted by Gasteiger charge is 2.39. The highest BCUT2D eigenvalue weighted by molar-refractivity contribution is 6.05. The van der Waals surface area contributed by atoms with E-state index in [0.29, 0.717) is 37.4 Å². The van der Waals surface area contributed by atoms with Crippen LogP contribution in [0.25, 0.3) is 0 Å². The lowest BCUT2D eigenvalue weighted by atomic mass is 10.0. The van der Waals surface area contributed by atoms with Crippen molar-refractivity contribution in [3.8, 4) is 0 Å². The van der Waals surface area contributed by atoms with E-state index in [2.05, 4.69) is 15.6 Å². The van der Waals surface area contributed by atoms with Crippen molar-refractivity contribution >= 4 is 23.5 Å². The summed E-state index contributed by atoms with van der Waals surface area (Å²) in [7, 11) is 0. The minimum Gasteiger partial charge on any atom is -0.384 e. The van der Waals surface area contributed by atoms with Crippen LogP contribution < -0.4 is 16.4 Å². The lowest BCUT2D eigenvalue weighted by Crippen LogP contribution is -2.52. The van der Waals surface area contributed by atoms with Crippen LogP contribution in [0.1, 0.15) is 39.9 Å². The molecule has 0 saturated carbocycles. The summed E-state index contributed by atoms with van der Waals surface area (Å²) in [5.74, 6) is -0.361. The maximum absolute atomic E-state index is 13.0. The van der Waals surface area contributed by atoms with Gasteiger partial charge in [0.05, 0.1) is 0 Å². The zero-order valence-corrected chi connectivity index (χ0v) is 15.3. The number of benzene rings is 1. The zero-order chi connectivity index (χ0) is 19.7. The topological polar surface area (TPSA) is 117 Å². The number of hydrogen-bond donors (Lipinski definition) is 3. The van der Waals surface area contributed by atoms with Crippen LogP contribution in [-0.4, -0.2) is 33.6 Å². The van der Waals surface area contributed by atoms with Gasteiger partial charge in [0.25, 0.3) is 5.91 Å². The van der Waals surface area contributed by atoms with Crippen molar-refractivity contribution in [3.05, 3.63) is 58.8 Å². The van der Waals surface area contributed by atoms with Gasteiger partial charge in [-0.3, -0.25) is 19.7 Å². The van der Waals surface area contributed by atoms with Gasteiger partial charge >= 0.3 is 0 Å². The first kappa shape index (κ1) is 18.1. The number of nitrogen functional groups attached to an aromatic ring is 1. The van der Waals surface area contributed by atoms with Gasteiger partial charge in [0.15, 0.2) is 0 Å². The molecule has 28 heavy (non-hydrogen) atoms. The molecule has 1 aromatic carbocycles. The molecule has 4 rings (SSSR count). The maximum Gasteiger partial charge on any atom is 0.255 e. The van der Waals surface area contributed by atoms with Gasteiger partial charge in [0, 0.05) is 37.8 Å². The van der Waals surface area contributed by atoms with E-state index < -0.39 is 11.9 Å². The first-order valence-corrected chi connectivity index (χ1v) is 9.19. The molecule has 1 aromatic heterocycles. The summed E-state index contributed by atoms with van der Waals surface area (Å²) in [6.45, 7) is 1.50. The van der Waals surface area contributed by atoms with Gasteiger partial charge in [-0.25, -0.2) is 4.98 Å². The van der Waals surface area contributed by atoms with E-state index in [1.807, 2.05) is 24.3 Å². The predicted octanol–water partition coefficient (Wildman–Crippen LogP) is 0.715. The Labute approximate surface area is 162 Å². The lowest BCUT2D eigenvalue weighted by Gasteiger charge is -2.29. The van der Waals surface area contributed by atoms with E-state index in [4.69, 9.17) is 5.73 Å². The van der Waals surface area contributed by atoms with Crippen LogP contribution in [0.2, 0.25) is 0 Å². The third-order valence-corrected chi connectivity index (χ3v) is 5.13. The van der Waals surface area contributed by atoms with Crippen molar-refractivity contribution in [2.75, 3.05) is 5.73 Å². The number of nitrogens with two attached hydrogens (primary N) is 1. The van der Waals surface area contributed by atoms with Crippen LogP contribution in [0.5, 0.6) is 0 Å². The summed E-state index contributed by atoms with van der Waals surface area (Å²) >= 11 is 0. The number of hydrogen-bond acceptors (Lipinski definition) is 6. The van der Waals surface area contributed by atoms with Gasteiger partial charge in [-0.1, -0.05) is 24.3 Å². The Morgan fingerprint density at radius 3 is 2.79 bits per heavy atom. The molecule has 0 bridgehead atoms. The highest BCUT2D eigenvalue weighted by atomic mass is 16.2. The molecule has 8 nitrogen and oxygen atoms in total. The average molecular weight is 379 g/mol. The number of aromatic nitrogens is 1. The monoisotopic (exact) mass is 379 g/mol. The fourth-order valence-electron chi connectivity index (χ4n) is 3.72. The van der Waals surface area contributed by atoms with Gasteiger partial charge in [-0.2, -0.15) is 0 Å². The molecule has 2 aliphatic rings. The van der Waals surface area contributed by atoms with Crippen molar-refractivity contribution in [1.82, 2.24) is 20.5 Å². The standard InChI is InChI=1S/C20H21N5O3/c21-16-6-4-12(9-23-16)8-22-10-13-2-1-3-14-11-25(20(28)18(13)14)15-5-7-17(26)24-19(15)27/h1-4,6,9,15,22H,5,7-8,10-11H2,(H2,21,23)(H,24,26,27). The van der Waals surface area contributed by atoms with E-state index in [-0.39, 0.29) is 18.2 Å². The highest BCUT2D eigenvalue weighted by Crippen LogP contribution is 2.29. The fraction of sp³-hybridized carbons (Fsp3) is 0.300. The summed E-state index contributed by atoms with van der Waals surface area (Å²) in [4.78, 5) is 42.2. The van der Waals surface area contributed by atoms with Crippen molar-refractivity contribution in [1.29, 1.82) is 0 Å².